The van der Waals surface area contributed by atoms with Gasteiger partial charge in [-0.3, -0.25) is 4.79 Å². The monoisotopic (exact) mass is 220 g/mol. The summed E-state index contributed by atoms with van der Waals surface area (Å²) in [6.07, 6.45) is 0.583. The quantitative estimate of drug-likeness (QED) is 0.832. The van der Waals surface area contributed by atoms with Gasteiger partial charge in [0.1, 0.15) is 5.60 Å². The topological polar surface area (TPSA) is 46.5 Å². The molecule has 1 aliphatic rings. The van der Waals surface area contributed by atoms with Crippen molar-refractivity contribution in [3.63, 3.8) is 0 Å². The molecule has 0 aromatic heterocycles. The second-order valence-electron chi connectivity index (χ2n) is 4.45. The van der Waals surface area contributed by atoms with E-state index in [9.17, 15) is 9.90 Å². The molecule has 0 saturated carbocycles. The van der Waals surface area contributed by atoms with Gasteiger partial charge in [-0.15, -0.1) is 0 Å². The van der Waals surface area contributed by atoms with Gasteiger partial charge >= 0.3 is 5.97 Å². The summed E-state index contributed by atoms with van der Waals surface area (Å²) in [5.74, 6) is -1.23. The standard InChI is InChI=1S/C13H16O3/c1-9-5-3-4-6-10(9)13(2)11(12(14)15)7-8-16-13/h3-6,11H,7-8H2,1-2H3,(H,14,15). The van der Waals surface area contributed by atoms with Gasteiger partial charge in [0.15, 0.2) is 0 Å². The Bertz CT molecular complexity index is 413. The number of rotatable bonds is 2. The summed E-state index contributed by atoms with van der Waals surface area (Å²) in [7, 11) is 0. The maximum Gasteiger partial charge on any atom is 0.309 e. The van der Waals surface area contributed by atoms with Gasteiger partial charge in [0, 0.05) is 6.61 Å². The molecule has 16 heavy (non-hydrogen) atoms. The first kappa shape index (κ1) is 11.1. The van der Waals surface area contributed by atoms with E-state index in [0.717, 1.165) is 11.1 Å². The summed E-state index contributed by atoms with van der Waals surface area (Å²) in [6, 6.07) is 7.82. The number of carboxylic acid groups (broad SMARTS) is 1. The second-order valence-corrected chi connectivity index (χ2v) is 4.45. The smallest absolute Gasteiger partial charge is 0.309 e. The van der Waals surface area contributed by atoms with Gasteiger partial charge < -0.3 is 9.84 Å². The third kappa shape index (κ3) is 1.61. The number of ether oxygens (including phenoxy) is 1. The van der Waals surface area contributed by atoms with Gasteiger partial charge in [0.05, 0.1) is 5.92 Å². The lowest BCUT2D eigenvalue weighted by Gasteiger charge is -2.30. The summed E-state index contributed by atoms with van der Waals surface area (Å²) in [6.45, 7) is 4.38. The molecule has 0 amide bonds. The maximum atomic E-state index is 11.2. The van der Waals surface area contributed by atoms with Crippen LogP contribution < -0.4 is 0 Å². The Morgan fingerprint density at radius 3 is 2.81 bits per heavy atom. The number of hydrogen-bond donors (Lipinski definition) is 1. The third-order valence-electron chi connectivity index (χ3n) is 3.45. The molecule has 1 aromatic carbocycles. The highest BCUT2D eigenvalue weighted by molar-refractivity contribution is 5.72. The van der Waals surface area contributed by atoms with Crippen LogP contribution in [0, 0.1) is 12.8 Å². The zero-order valence-corrected chi connectivity index (χ0v) is 9.56. The number of hydrogen-bond acceptors (Lipinski definition) is 2. The third-order valence-corrected chi connectivity index (χ3v) is 3.45. The molecule has 2 rings (SSSR count). The number of aliphatic carboxylic acids is 1. The van der Waals surface area contributed by atoms with Gasteiger partial charge in [-0.1, -0.05) is 24.3 Å². The van der Waals surface area contributed by atoms with E-state index in [1.165, 1.54) is 0 Å². The highest BCUT2D eigenvalue weighted by atomic mass is 16.5. The lowest BCUT2D eigenvalue weighted by Crippen LogP contribution is -2.34. The van der Waals surface area contributed by atoms with Crippen molar-refractivity contribution in [2.75, 3.05) is 6.61 Å². The molecule has 2 unspecified atom stereocenters. The predicted octanol–water partition coefficient (Wildman–Crippen LogP) is 2.33. The molecule has 1 aliphatic heterocycles. The average molecular weight is 220 g/mol. The molecule has 0 radical (unpaired) electrons. The molecule has 2 atom stereocenters. The maximum absolute atomic E-state index is 11.2. The van der Waals surface area contributed by atoms with Crippen LogP contribution in [-0.4, -0.2) is 17.7 Å². The molecule has 0 bridgehead atoms. The molecule has 0 aliphatic carbocycles. The molecule has 1 fully saturated rings. The molecule has 3 nitrogen and oxygen atoms in total. The Kier molecular flexibility index (Phi) is 2.72. The van der Waals surface area contributed by atoms with Crippen LogP contribution in [0.1, 0.15) is 24.5 Å². The summed E-state index contributed by atoms with van der Waals surface area (Å²) in [5, 5.41) is 9.22. The number of benzene rings is 1. The first-order valence-electron chi connectivity index (χ1n) is 5.48. The molecule has 0 spiro atoms. The fourth-order valence-corrected chi connectivity index (χ4v) is 2.52. The van der Waals surface area contributed by atoms with Gasteiger partial charge in [-0.2, -0.15) is 0 Å². The van der Waals surface area contributed by atoms with Crippen LogP contribution >= 0.6 is 0 Å². The minimum atomic E-state index is -0.775. The number of carboxylic acids is 1. The van der Waals surface area contributed by atoms with Crippen LogP contribution in [0.25, 0.3) is 0 Å². The Balaban J connectivity index is 2.45. The van der Waals surface area contributed by atoms with Crippen molar-refractivity contribution >= 4 is 5.97 Å². The molecule has 1 heterocycles. The first-order valence-corrected chi connectivity index (χ1v) is 5.48. The van der Waals surface area contributed by atoms with Crippen LogP contribution in [0.2, 0.25) is 0 Å². The molecular formula is C13H16O3. The SMILES string of the molecule is Cc1ccccc1C1(C)OCCC1C(=O)O. The van der Waals surface area contributed by atoms with E-state index in [1.807, 2.05) is 38.1 Å². The highest BCUT2D eigenvalue weighted by Crippen LogP contribution is 2.42. The normalized spacial score (nSPS) is 29.2. The van der Waals surface area contributed by atoms with E-state index in [-0.39, 0.29) is 0 Å². The lowest BCUT2D eigenvalue weighted by atomic mass is 9.81. The Morgan fingerprint density at radius 2 is 2.19 bits per heavy atom. The fourth-order valence-electron chi connectivity index (χ4n) is 2.52. The summed E-state index contributed by atoms with van der Waals surface area (Å²) < 4.78 is 5.70. The molecular weight excluding hydrogens is 204 g/mol. The first-order chi connectivity index (χ1) is 7.55. The average Bonchev–Trinajstić information content (AvgIpc) is 2.62. The van der Waals surface area contributed by atoms with E-state index >= 15 is 0 Å². The minimum Gasteiger partial charge on any atom is -0.481 e. The van der Waals surface area contributed by atoms with Crippen LogP contribution in [0.3, 0.4) is 0 Å². The molecule has 1 saturated heterocycles. The van der Waals surface area contributed by atoms with Crippen LogP contribution in [0.4, 0.5) is 0 Å². The Morgan fingerprint density at radius 1 is 1.50 bits per heavy atom. The summed E-state index contributed by atoms with van der Waals surface area (Å²) in [5.41, 5.74) is 1.38. The molecule has 86 valence electrons. The zero-order chi connectivity index (χ0) is 11.8. The fraction of sp³-hybridized carbons (Fsp3) is 0.462. The lowest BCUT2D eigenvalue weighted by molar-refractivity contribution is -0.148. The van der Waals surface area contributed by atoms with E-state index in [4.69, 9.17) is 4.74 Å². The van der Waals surface area contributed by atoms with Crippen molar-refractivity contribution in [2.24, 2.45) is 5.92 Å². The van der Waals surface area contributed by atoms with Crippen LogP contribution in [0.5, 0.6) is 0 Å². The van der Waals surface area contributed by atoms with Gasteiger partial charge in [0.25, 0.3) is 0 Å². The van der Waals surface area contributed by atoms with Gasteiger partial charge in [0.2, 0.25) is 0 Å². The molecule has 1 aromatic rings. The molecule has 3 heteroatoms. The Labute approximate surface area is 95.0 Å². The van der Waals surface area contributed by atoms with E-state index < -0.39 is 17.5 Å². The zero-order valence-electron chi connectivity index (χ0n) is 9.56. The molecule has 1 N–H and O–H groups in total. The van der Waals surface area contributed by atoms with Crippen LogP contribution in [-0.2, 0) is 15.1 Å². The number of carbonyl (C=O) groups is 1. The van der Waals surface area contributed by atoms with Crippen molar-refractivity contribution in [2.45, 2.75) is 25.9 Å². The largest absolute Gasteiger partial charge is 0.481 e. The van der Waals surface area contributed by atoms with Gasteiger partial charge in [-0.05, 0) is 31.4 Å². The summed E-state index contributed by atoms with van der Waals surface area (Å²) >= 11 is 0. The van der Waals surface area contributed by atoms with Crippen molar-refractivity contribution < 1.29 is 14.6 Å². The van der Waals surface area contributed by atoms with Crippen molar-refractivity contribution in [1.82, 2.24) is 0 Å². The number of aryl methyl sites for hydroxylation is 1. The van der Waals surface area contributed by atoms with Crippen molar-refractivity contribution in [3.8, 4) is 0 Å². The van der Waals surface area contributed by atoms with Crippen LogP contribution in [0.15, 0.2) is 24.3 Å². The minimum absolute atomic E-state index is 0.450. The highest BCUT2D eigenvalue weighted by Gasteiger charge is 2.46. The van der Waals surface area contributed by atoms with E-state index in [1.54, 1.807) is 0 Å². The second kappa shape index (κ2) is 3.91. The van der Waals surface area contributed by atoms with Crippen molar-refractivity contribution in [1.29, 1.82) is 0 Å². The summed E-state index contributed by atoms with van der Waals surface area (Å²) in [4.78, 5) is 11.2. The van der Waals surface area contributed by atoms with Gasteiger partial charge in [-0.25, -0.2) is 0 Å². The van der Waals surface area contributed by atoms with E-state index in [2.05, 4.69) is 0 Å². The Hall–Kier alpha value is -1.35. The van der Waals surface area contributed by atoms with Crippen molar-refractivity contribution in [3.05, 3.63) is 35.4 Å². The van der Waals surface area contributed by atoms with E-state index in [0.29, 0.717) is 13.0 Å². The predicted molar refractivity (Wildman–Crippen MR) is 60.2 cm³/mol.